The van der Waals surface area contributed by atoms with Crippen LogP contribution in [0.2, 0.25) is 0 Å². The number of amides is 1. The van der Waals surface area contributed by atoms with Gasteiger partial charge in [-0.05, 0) is 42.4 Å². The Morgan fingerprint density at radius 2 is 2.11 bits per heavy atom. The normalized spacial score (nSPS) is 16.0. The van der Waals surface area contributed by atoms with Crippen LogP contribution in [0.3, 0.4) is 0 Å². The zero-order valence-electron chi connectivity index (χ0n) is 10.5. The average Bonchev–Trinajstić information content (AvgIpc) is 2.40. The first-order valence-electron chi connectivity index (χ1n) is 6.22. The molecule has 2 N–H and O–H groups in total. The van der Waals surface area contributed by atoms with E-state index in [-0.39, 0.29) is 11.6 Å². The first-order valence-corrected chi connectivity index (χ1v) is 7.37. The molecule has 0 radical (unpaired) electrons. The molecular formula is C13H16N2O3S. The van der Waals surface area contributed by atoms with E-state index in [1.54, 1.807) is 6.07 Å². The molecule has 6 heteroatoms. The number of thioether (sulfide) groups is 1. The Hall–Kier alpha value is -1.56. The molecule has 1 amide bonds. The summed E-state index contributed by atoms with van der Waals surface area (Å²) in [4.78, 5) is 26.2. The lowest BCUT2D eigenvalue weighted by atomic mass is 9.98. The first kappa shape index (κ1) is 13.9. The number of aromatic nitrogens is 1. The summed E-state index contributed by atoms with van der Waals surface area (Å²) in [7, 11) is 0. The van der Waals surface area contributed by atoms with Crippen molar-refractivity contribution in [1.82, 2.24) is 4.98 Å². The highest BCUT2D eigenvalue weighted by atomic mass is 32.2. The number of nitrogens with one attached hydrogen (secondary N) is 1. The van der Waals surface area contributed by atoms with Crippen molar-refractivity contribution in [2.45, 2.75) is 19.3 Å². The summed E-state index contributed by atoms with van der Waals surface area (Å²) in [5.74, 6) is 1.63. The third kappa shape index (κ3) is 4.24. The summed E-state index contributed by atoms with van der Waals surface area (Å²) >= 11 is 1.94. The van der Waals surface area contributed by atoms with Gasteiger partial charge in [0.15, 0.2) is 0 Å². The van der Waals surface area contributed by atoms with Crippen LogP contribution < -0.4 is 5.32 Å². The molecule has 2 rings (SSSR count). The largest absolute Gasteiger partial charge is 0.477 e. The zero-order valence-corrected chi connectivity index (χ0v) is 11.3. The van der Waals surface area contributed by atoms with Crippen molar-refractivity contribution in [3.05, 3.63) is 24.0 Å². The summed E-state index contributed by atoms with van der Waals surface area (Å²) in [6, 6.07) is 2.94. The number of carbonyl (C=O) groups is 2. The van der Waals surface area contributed by atoms with E-state index in [1.807, 2.05) is 11.8 Å². The number of carboxylic acid groups (broad SMARTS) is 1. The fourth-order valence-electron chi connectivity index (χ4n) is 2.02. The molecule has 0 unspecified atom stereocenters. The number of anilines is 1. The maximum absolute atomic E-state index is 11.8. The molecule has 1 aliphatic rings. The summed E-state index contributed by atoms with van der Waals surface area (Å²) in [5, 5.41) is 11.5. The van der Waals surface area contributed by atoms with Crippen LogP contribution >= 0.6 is 11.8 Å². The molecule has 1 aromatic rings. The highest BCUT2D eigenvalue weighted by Gasteiger charge is 2.17. The summed E-state index contributed by atoms with van der Waals surface area (Å²) in [6.45, 7) is 0. The van der Waals surface area contributed by atoms with Crippen molar-refractivity contribution in [1.29, 1.82) is 0 Å². The molecule has 0 saturated carbocycles. The second kappa shape index (κ2) is 6.56. The highest BCUT2D eigenvalue weighted by molar-refractivity contribution is 7.99. The van der Waals surface area contributed by atoms with Gasteiger partial charge in [0.2, 0.25) is 5.91 Å². The van der Waals surface area contributed by atoms with Gasteiger partial charge in [0.25, 0.3) is 0 Å². The van der Waals surface area contributed by atoms with Gasteiger partial charge in [0.1, 0.15) is 5.69 Å². The minimum atomic E-state index is -1.07. The van der Waals surface area contributed by atoms with Crippen molar-refractivity contribution in [2.24, 2.45) is 5.92 Å². The smallest absolute Gasteiger partial charge is 0.354 e. The Morgan fingerprint density at radius 1 is 1.37 bits per heavy atom. The van der Waals surface area contributed by atoms with Gasteiger partial charge in [-0.25, -0.2) is 9.78 Å². The lowest BCUT2D eigenvalue weighted by molar-refractivity contribution is -0.117. The molecule has 1 aromatic heterocycles. The average molecular weight is 280 g/mol. The molecule has 0 aromatic carbocycles. The second-order valence-corrected chi connectivity index (χ2v) is 5.77. The zero-order chi connectivity index (χ0) is 13.7. The van der Waals surface area contributed by atoms with Gasteiger partial charge in [-0.1, -0.05) is 0 Å². The molecule has 1 saturated heterocycles. The maximum Gasteiger partial charge on any atom is 0.354 e. The Morgan fingerprint density at radius 3 is 2.68 bits per heavy atom. The van der Waals surface area contributed by atoms with Crippen LogP contribution in [-0.2, 0) is 4.79 Å². The van der Waals surface area contributed by atoms with Crippen LogP contribution in [0.4, 0.5) is 5.69 Å². The topological polar surface area (TPSA) is 79.3 Å². The van der Waals surface area contributed by atoms with E-state index >= 15 is 0 Å². The number of carbonyl (C=O) groups excluding carboxylic acids is 1. The van der Waals surface area contributed by atoms with Crippen LogP contribution in [0.5, 0.6) is 0 Å². The number of nitrogens with zero attached hydrogens (tertiary/aromatic N) is 1. The van der Waals surface area contributed by atoms with Crippen molar-refractivity contribution in [3.8, 4) is 0 Å². The predicted octanol–water partition coefficient (Wildman–Crippen LogP) is 2.25. The summed E-state index contributed by atoms with van der Waals surface area (Å²) in [5.41, 5.74) is 0.516. The van der Waals surface area contributed by atoms with Gasteiger partial charge in [-0.2, -0.15) is 11.8 Å². The van der Waals surface area contributed by atoms with E-state index in [0.29, 0.717) is 18.0 Å². The van der Waals surface area contributed by atoms with Crippen LogP contribution in [-0.4, -0.2) is 33.5 Å². The third-order valence-corrected chi connectivity index (χ3v) is 4.13. The molecule has 0 aliphatic carbocycles. The molecule has 0 bridgehead atoms. The number of rotatable bonds is 4. The molecule has 5 nitrogen and oxygen atoms in total. The minimum Gasteiger partial charge on any atom is -0.477 e. The lowest BCUT2D eigenvalue weighted by Gasteiger charge is -2.20. The van der Waals surface area contributed by atoms with Crippen molar-refractivity contribution < 1.29 is 14.7 Å². The Bertz CT molecular complexity index is 455. The van der Waals surface area contributed by atoms with Gasteiger partial charge >= 0.3 is 5.97 Å². The molecular weight excluding hydrogens is 264 g/mol. The first-order chi connectivity index (χ1) is 9.15. The Kier molecular flexibility index (Phi) is 4.79. The predicted molar refractivity (Wildman–Crippen MR) is 74.5 cm³/mol. The van der Waals surface area contributed by atoms with Crippen LogP contribution in [0.15, 0.2) is 18.3 Å². The number of hydrogen-bond donors (Lipinski definition) is 2. The Labute approximate surface area is 115 Å². The molecule has 1 fully saturated rings. The number of aromatic carboxylic acids is 1. The second-order valence-electron chi connectivity index (χ2n) is 4.55. The lowest BCUT2D eigenvalue weighted by Crippen LogP contribution is -2.19. The fraction of sp³-hybridized carbons (Fsp3) is 0.462. The minimum absolute atomic E-state index is 0.0256. The van der Waals surface area contributed by atoms with Gasteiger partial charge < -0.3 is 10.4 Å². The molecule has 0 atom stereocenters. The van der Waals surface area contributed by atoms with Gasteiger partial charge in [-0.3, -0.25) is 4.79 Å². The molecule has 1 aliphatic heterocycles. The number of carboxylic acids is 1. The van der Waals surface area contributed by atoms with Gasteiger partial charge in [0, 0.05) is 6.42 Å². The molecule has 19 heavy (non-hydrogen) atoms. The number of pyridine rings is 1. The number of hydrogen-bond acceptors (Lipinski definition) is 4. The van der Waals surface area contributed by atoms with Gasteiger partial charge in [-0.15, -0.1) is 0 Å². The maximum atomic E-state index is 11.8. The van der Waals surface area contributed by atoms with E-state index in [0.717, 1.165) is 24.3 Å². The van der Waals surface area contributed by atoms with Crippen LogP contribution in [0.1, 0.15) is 29.8 Å². The van der Waals surface area contributed by atoms with Crippen molar-refractivity contribution in [2.75, 3.05) is 16.8 Å². The van der Waals surface area contributed by atoms with Crippen LogP contribution in [0.25, 0.3) is 0 Å². The molecule has 2 heterocycles. The summed E-state index contributed by atoms with van der Waals surface area (Å²) in [6.07, 6.45) is 4.09. The highest BCUT2D eigenvalue weighted by Crippen LogP contribution is 2.25. The molecule has 0 spiro atoms. The van der Waals surface area contributed by atoms with Crippen LogP contribution in [0, 0.1) is 5.92 Å². The van der Waals surface area contributed by atoms with E-state index < -0.39 is 5.97 Å². The third-order valence-electron chi connectivity index (χ3n) is 3.08. The SMILES string of the molecule is O=C(CC1CCSCC1)Nc1ccc(C(=O)O)nc1. The monoisotopic (exact) mass is 280 g/mol. The molecule has 102 valence electrons. The van der Waals surface area contributed by atoms with Crippen molar-refractivity contribution >= 4 is 29.3 Å². The summed E-state index contributed by atoms with van der Waals surface area (Å²) < 4.78 is 0. The van der Waals surface area contributed by atoms with Gasteiger partial charge in [0.05, 0.1) is 11.9 Å². The fourth-order valence-corrected chi connectivity index (χ4v) is 3.22. The van der Waals surface area contributed by atoms with E-state index in [9.17, 15) is 9.59 Å². The van der Waals surface area contributed by atoms with Crippen molar-refractivity contribution in [3.63, 3.8) is 0 Å². The van der Waals surface area contributed by atoms with E-state index in [1.165, 1.54) is 12.3 Å². The van der Waals surface area contributed by atoms with E-state index in [2.05, 4.69) is 10.3 Å². The Balaban J connectivity index is 1.85. The standard InChI is InChI=1S/C13H16N2O3S/c16-12(7-9-3-5-19-6-4-9)15-10-1-2-11(13(17)18)14-8-10/h1-2,8-9H,3-7H2,(H,15,16)(H,17,18). The van der Waals surface area contributed by atoms with E-state index in [4.69, 9.17) is 5.11 Å². The quantitative estimate of drug-likeness (QED) is 0.884.